The largest absolute Gasteiger partial charge is 0.485 e. The zero-order chi connectivity index (χ0) is 22.9. The molecule has 0 saturated carbocycles. The van der Waals surface area contributed by atoms with E-state index in [0.29, 0.717) is 44.1 Å². The van der Waals surface area contributed by atoms with Gasteiger partial charge < -0.3 is 19.3 Å². The average Bonchev–Trinajstić information content (AvgIpc) is 2.85. The normalized spacial score (nSPS) is 17.8. The van der Waals surface area contributed by atoms with E-state index < -0.39 is 6.10 Å². The molecule has 2 amide bonds. The number of ether oxygens (including phenoxy) is 2. The molecule has 170 valence electrons. The number of para-hydroxylation sites is 3. The number of aromatic nitrogens is 1. The summed E-state index contributed by atoms with van der Waals surface area (Å²) in [5, 5.41) is 1.08. The van der Waals surface area contributed by atoms with Crippen LogP contribution in [0.3, 0.4) is 0 Å². The molecular formula is C26H27N3O4. The molecule has 0 bridgehead atoms. The maximum Gasteiger partial charge on any atom is 0.267 e. The minimum atomic E-state index is -0.656. The van der Waals surface area contributed by atoms with Gasteiger partial charge in [0.25, 0.3) is 5.91 Å². The molecular weight excluding hydrogens is 418 g/mol. The van der Waals surface area contributed by atoms with Crippen LogP contribution >= 0.6 is 0 Å². The highest BCUT2D eigenvalue weighted by Crippen LogP contribution is 2.31. The number of benzene rings is 2. The number of carbonyl (C=O) groups excluding carboxylic acids is 2. The van der Waals surface area contributed by atoms with Gasteiger partial charge in [-0.1, -0.05) is 30.3 Å². The van der Waals surface area contributed by atoms with E-state index in [2.05, 4.69) is 11.9 Å². The molecule has 7 heteroatoms. The van der Waals surface area contributed by atoms with Crippen molar-refractivity contribution in [1.29, 1.82) is 0 Å². The Labute approximate surface area is 192 Å². The fourth-order valence-electron chi connectivity index (χ4n) is 4.61. The molecule has 33 heavy (non-hydrogen) atoms. The highest BCUT2D eigenvalue weighted by molar-refractivity contribution is 5.87. The Kier molecular flexibility index (Phi) is 5.62. The number of hydrogen-bond donors (Lipinski definition) is 0. The molecule has 1 saturated heterocycles. The zero-order valence-corrected chi connectivity index (χ0v) is 18.9. The number of carbonyl (C=O) groups is 2. The molecule has 0 radical (unpaired) electrons. The van der Waals surface area contributed by atoms with Crippen LogP contribution in [0.2, 0.25) is 0 Å². The van der Waals surface area contributed by atoms with Crippen LogP contribution in [-0.4, -0.2) is 65.5 Å². The summed E-state index contributed by atoms with van der Waals surface area (Å²) in [6.07, 6.45) is -0.337. The Morgan fingerprint density at radius 3 is 2.39 bits per heavy atom. The second-order valence-electron chi connectivity index (χ2n) is 8.56. The smallest absolute Gasteiger partial charge is 0.267 e. The second kappa shape index (κ2) is 8.73. The number of piperazine rings is 1. The van der Waals surface area contributed by atoms with E-state index in [-0.39, 0.29) is 18.4 Å². The average molecular weight is 446 g/mol. The number of pyridine rings is 1. The molecule has 1 aromatic heterocycles. The summed E-state index contributed by atoms with van der Waals surface area (Å²) in [4.78, 5) is 34.3. The van der Waals surface area contributed by atoms with E-state index in [1.165, 1.54) is 0 Å². The van der Waals surface area contributed by atoms with Gasteiger partial charge in [0.15, 0.2) is 11.5 Å². The van der Waals surface area contributed by atoms with Crippen LogP contribution in [0.15, 0.2) is 48.5 Å². The SMILES string of the molecule is Cc1nc2ccccc2c(C)c1CC(=O)N1CCN(C(=O)[C@H]2COc3ccccc3O2)CC1. The topological polar surface area (TPSA) is 72.0 Å². The first-order valence-electron chi connectivity index (χ1n) is 11.3. The number of fused-ring (bicyclic) bond motifs is 2. The fourth-order valence-corrected chi connectivity index (χ4v) is 4.61. The number of nitrogens with zero attached hydrogens (tertiary/aromatic N) is 3. The minimum Gasteiger partial charge on any atom is -0.485 e. The van der Waals surface area contributed by atoms with Gasteiger partial charge in [-0.15, -0.1) is 0 Å². The lowest BCUT2D eigenvalue weighted by Gasteiger charge is -2.37. The summed E-state index contributed by atoms with van der Waals surface area (Å²) in [5.41, 5.74) is 3.94. The zero-order valence-electron chi connectivity index (χ0n) is 18.9. The van der Waals surface area contributed by atoms with Gasteiger partial charge in [-0.05, 0) is 43.2 Å². The second-order valence-corrected chi connectivity index (χ2v) is 8.56. The van der Waals surface area contributed by atoms with Crippen molar-refractivity contribution in [2.24, 2.45) is 0 Å². The maximum absolute atomic E-state index is 13.1. The van der Waals surface area contributed by atoms with Crippen LogP contribution in [0.25, 0.3) is 10.9 Å². The van der Waals surface area contributed by atoms with Gasteiger partial charge in [-0.3, -0.25) is 14.6 Å². The van der Waals surface area contributed by atoms with E-state index in [4.69, 9.17) is 9.47 Å². The highest BCUT2D eigenvalue weighted by atomic mass is 16.6. The third kappa shape index (κ3) is 4.11. The van der Waals surface area contributed by atoms with Crippen molar-refractivity contribution in [3.63, 3.8) is 0 Å². The number of amides is 2. The predicted molar refractivity (Wildman–Crippen MR) is 124 cm³/mol. The lowest BCUT2D eigenvalue weighted by Crippen LogP contribution is -2.55. The van der Waals surface area contributed by atoms with Crippen LogP contribution in [-0.2, 0) is 16.0 Å². The Bertz CT molecular complexity index is 1220. The first kappa shape index (κ1) is 21.2. The molecule has 0 N–H and O–H groups in total. The predicted octanol–water partition coefficient (Wildman–Crippen LogP) is 2.90. The van der Waals surface area contributed by atoms with Crippen molar-refractivity contribution in [3.05, 3.63) is 65.4 Å². The standard InChI is InChI=1S/C26H27N3O4/c1-17-19-7-3-4-8-21(19)27-18(2)20(17)15-25(30)28-11-13-29(14-12-28)26(31)24-16-32-22-9-5-6-10-23(22)33-24/h3-10,24H,11-16H2,1-2H3/t24-/m1/s1. The van der Waals surface area contributed by atoms with Gasteiger partial charge in [0.05, 0.1) is 11.9 Å². The fraction of sp³-hybridized carbons (Fsp3) is 0.346. The quantitative estimate of drug-likeness (QED) is 0.620. The summed E-state index contributed by atoms with van der Waals surface area (Å²) < 4.78 is 11.5. The van der Waals surface area contributed by atoms with E-state index in [0.717, 1.165) is 27.7 Å². The van der Waals surface area contributed by atoms with Crippen molar-refractivity contribution in [2.45, 2.75) is 26.4 Å². The van der Waals surface area contributed by atoms with Crippen molar-refractivity contribution in [3.8, 4) is 11.5 Å². The first-order chi connectivity index (χ1) is 16.0. The van der Waals surface area contributed by atoms with Crippen molar-refractivity contribution in [1.82, 2.24) is 14.8 Å². The van der Waals surface area contributed by atoms with Gasteiger partial charge in [0.1, 0.15) is 6.61 Å². The molecule has 7 nitrogen and oxygen atoms in total. The molecule has 5 rings (SSSR count). The van der Waals surface area contributed by atoms with Crippen molar-refractivity contribution >= 4 is 22.7 Å². The van der Waals surface area contributed by atoms with Gasteiger partial charge in [-0.25, -0.2) is 0 Å². The van der Waals surface area contributed by atoms with Gasteiger partial charge in [-0.2, -0.15) is 0 Å². The Balaban J connectivity index is 1.21. The molecule has 0 spiro atoms. The summed E-state index contributed by atoms with van der Waals surface area (Å²) in [6, 6.07) is 15.4. The molecule has 2 aliphatic heterocycles. The van der Waals surface area contributed by atoms with Crippen LogP contribution in [0.1, 0.15) is 16.8 Å². The Hall–Kier alpha value is -3.61. The lowest BCUT2D eigenvalue weighted by molar-refractivity contribution is -0.146. The third-order valence-electron chi connectivity index (χ3n) is 6.54. The van der Waals surface area contributed by atoms with Gasteiger partial charge in [0, 0.05) is 37.3 Å². The number of hydrogen-bond acceptors (Lipinski definition) is 5. The summed E-state index contributed by atoms with van der Waals surface area (Å²) in [6.45, 7) is 6.20. The van der Waals surface area contributed by atoms with E-state index in [1.807, 2.05) is 54.3 Å². The minimum absolute atomic E-state index is 0.0663. The van der Waals surface area contributed by atoms with E-state index >= 15 is 0 Å². The molecule has 0 unspecified atom stereocenters. The molecule has 1 atom stereocenters. The number of aryl methyl sites for hydroxylation is 2. The first-order valence-corrected chi connectivity index (χ1v) is 11.3. The van der Waals surface area contributed by atoms with Gasteiger partial charge in [0.2, 0.25) is 12.0 Å². The Morgan fingerprint density at radius 1 is 0.939 bits per heavy atom. The van der Waals surface area contributed by atoms with E-state index in [9.17, 15) is 9.59 Å². The molecule has 3 aromatic rings. The maximum atomic E-state index is 13.1. The summed E-state index contributed by atoms with van der Waals surface area (Å²) in [5.74, 6) is 1.22. The Morgan fingerprint density at radius 2 is 1.61 bits per heavy atom. The molecule has 2 aromatic carbocycles. The van der Waals surface area contributed by atoms with Gasteiger partial charge >= 0.3 is 0 Å². The monoisotopic (exact) mass is 445 g/mol. The third-order valence-corrected chi connectivity index (χ3v) is 6.54. The molecule has 2 aliphatic rings. The summed E-state index contributed by atoms with van der Waals surface area (Å²) >= 11 is 0. The lowest BCUT2D eigenvalue weighted by atomic mass is 9.99. The van der Waals surface area contributed by atoms with Crippen molar-refractivity contribution < 1.29 is 19.1 Å². The van der Waals surface area contributed by atoms with Crippen LogP contribution in [0, 0.1) is 13.8 Å². The molecule has 1 fully saturated rings. The highest BCUT2D eigenvalue weighted by Gasteiger charge is 2.33. The summed E-state index contributed by atoms with van der Waals surface area (Å²) in [7, 11) is 0. The van der Waals surface area contributed by atoms with Crippen LogP contribution < -0.4 is 9.47 Å². The molecule has 0 aliphatic carbocycles. The molecule has 3 heterocycles. The van der Waals surface area contributed by atoms with Crippen LogP contribution in [0.4, 0.5) is 0 Å². The van der Waals surface area contributed by atoms with Crippen LogP contribution in [0.5, 0.6) is 11.5 Å². The number of rotatable bonds is 3. The van der Waals surface area contributed by atoms with Crippen molar-refractivity contribution in [2.75, 3.05) is 32.8 Å². The van der Waals surface area contributed by atoms with E-state index in [1.54, 1.807) is 11.0 Å².